The quantitative estimate of drug-likeness (QED) is 0.523. The summed E-state index contributed by atoms with van der Waals surface area (Å²) in [5, 5.41) is 8.50. The van der Waals surface area contributed by atoms with Crippen LogP contribution in [0.25, 0.3) is 0 Å². The molecule has 0 aliphatic heterocycles. The number of benzene rings is 2. The van der Waals surface area contributed by atoms with Gasteiger partial charge in [-0.1, -0.05) is 30.3 Å². The SMILES string of the molecule is CCN(CC)C(=O)CCCC(=O)NC(C)c1ccc(NC(=O)Nc2ccccc2)cc1. The molecule has 0 fully saturated rings. The Balaban J connectivity index is 1.76. The number of nitrogens with zero attached hydrogens (tertiary/aromatic N) is 1. The zero-order valence-corrected chi connectivity index (χ0v) is 18.5. The summed E-state index contributed by atoms with van der Waals surface area (Å²) in [5.41, 5.74) is 2.30. The average Bonchev–Trinajstić information content (AvgIpc) is 2.75. The molecule has 166 valence electrons. The summed E-state index contributed by atoms with van der Waals surface area (Å²) in [5.74, 6) is 0.00882. The molecule has 1 atom stereocenters. The summed E-state index contributed by atoms with van der Waals surface area (Å²) in [6.45, 7) is 7.19. The molecule has 7 heteroatoms. The number of para-hydroxylation sites is 1. The van der Waals surface area contributed by atoms with Crippen molar-refractivity contribution in [3.8, 4) is 0 Å². The fourth-order valence-corrected chi connectivity index (χ4v) is 3.20. The summed E-state index contributed by atoms with van der Waals surface area (Å²) in [6, 6.07) is 16.0. The average molecular weight is 425 g/mol. The van der Waals surface area contributed by atoms with Crippen molar-refractivity contribution in [1.82, 2.24) is 10.2 Å². The first-order chi connectivity index (χ1) is 14.9. The summed E-state index contributed by atoms with van der Waals surface area (Å²) in [7, 11) is 0. The fraction of sp³-hybridized carbons (Fsp3) is 0.375. The Bertz CT molecular complexity index is 849. The lowest BCUT2D eigenvalue weighted by molar-refractivity contribution is -0.131. The van der Waals surface area contributed by atoms with E-state index in [2.05, 4.69) is 16.0 Å². The first-order valence-electron chi connectivity index (χ1n) is 10.7. The normalized spacial score (nSPS) is 11.3. The summed E-state index contributed by atoms with van der Waals surface area (Å²) in [6.07, 6.45) is 1.23. The van der Waals surface area contributed by atoms with Gasteiger partial charge < -0.3 is 20.9 Å². The van der Waals surface area contributed by atoms with Gasteiger partial charge in [-0.25, -0.2) is 4.79 Å². The molecule has 0 aliphatic rings. The second-order valence-electron chi connectivity index (χ2n) is 7.28. The molecule has 0 saturated carbocycles. The maximum Gasteiger partial charge on any atom is 0.323 e. The molecule has 0 saturated heterocycles. The third kappa shape index (κ3) is 8.12. The van der Waals surface area contributed by atoms with Crippen molar-refractivity contribution in [3.05, 3.63) is 60.2 Å². The zero-order chi connectivity index (χ0) is 22.6. The maximum atomic E-state index is 12.2. The van der Waals surface area contributed by atoms with E-state index in [1.807, 2.05) is 63.2 Å². The Morgan fingerprint density at radius 1 is 0.839 bits per heavy atom. The van der Waals surface area contributed by atoms with E-state index in [0.717, 1.165) is 5.56 Å². The van der Waals surface area contributed by atoms with Crippen molar-refractivity contribution in [2.24, 2.45) is 0 Å². The third-order valence-electron chi connectivity index (χ3n) is 4.99. The fourth-order valence-electron chi connectivity index (χ4n) is 3.20. The molecule has 1 unspecified atom stereocenters. The van der Waals surface area contributed by atoms with Crippen LogP contribution >= 0.6 is 0 Å². The molecular formula is C24H32N4O3. The highest BCUT2D eigenvalue weighted by Crippen LogP contribution is 2.17. The Hall–Kier alpha value is -3.35. The summed E-state index contributed by atoms with van der Waals surface area (Å²) in [4.78, 5) is 38.0. The number of nitrogens with one attached hydrogen (secondary N) is 3. The van der Waals surface area contributed by atoms with Gasteiger partial charge in [-0.05, 0) is 57.0 Å². The first kappa shape index (κ1) is 23.9. The van der Waals surface area contributed by atoms with E-state index < -0.39 is 0 Å². The Morgan fingerprint density at radius 3 is 2.00 bits per heavy atom. The van der Waals surface area contributed by atoms with Crippen molar-refractivity contribution in [1.29, 1.82) is 0 Å². The second-order valence-corrected chi connectivity index (χ2v) is 7.28. The van der Waals surface area contributed by atoms with Crippen LogP contribution in [0.15, 0.2) is 54.6 Å². The highest BCUT2D eigenvalue weighted by atomic mass is 16.2. The molecule has 7 nitrogen and oxygen atoms in total. The van der Waals surface area contributed by atoms with Crippen LogP contribution in [-0.2, 0) is 9.59 Å². The van der Waals surface area contributed by atoms with Gasteiger partial charge in [-0.15, -0.1) is 0 Å². The van der Waals surface area contributed by atoms with Crippen LogP contribution in [0.2, 0.25) is 0 Å². The lowest BCUT2D eigenvalue weighted by Gasteiger charge is -2.18. The second kappa shape index (κ2) is 12.4. The van der Waals surface area contributed by atoms with Crippen molar-refractivity contribution < 1.29 is 14.4 Å². The van der Waals surface area contributed by atoms with Crippen molar-refractivity contribution in [3.63, 3.8) is 0 Å². The van der Waals surface area contributed by atoms with E-state index in [1.54, 1.807) is 17.0 Å². The number of rotatable bonds is 10. The number of hydrogen-bond acceptors (Lipinski definition) is 3. The minimum atomic E-state index is -0.320. The molecule has 2 rings (SSSR count). The minimum Gasteiger partial charge on any atom is -0.350 e. The topological polar surface area (TPSA) is 90.5 Å². The van der Waals surface area contributed by atoms with Gasteiger partial charge in [0.15, 0.2) is 0 Å². The van der Waals surface area contributed by atoms with Gasteiger partial charge >= 0.3 is 6.03 Å². The largest absolute Gasteiger partial charge is 0.350 e. The number of carbonyl (C=O) groups is 3. The highest BCUT2D eigenvalue weighted by Gasteiger charge is 2.13. The third-order valence-corrected chi connectivity index (χ3v) is 4.99. The van der Waals surface area contributed by atoms with E-state index in [4.69, 9.17) is 0 Å². The van der Waals surface area contributed by atoms with Gasteiger partial charge in [0.05, 0.1) is 6.04 Å². The lowest BCUT2D eigenvalue weighted by Crippen LogP contribution is -2.31. The first-order valence-corrected chi connectivity index (χ1v) is 10.7. The predicted molar refractivity (Wildman–Crippen MR) is 124 cm³/mol. The van der Waals surface area contributed by atoms with Gasteiger partial charge in [0.2, 0.25) is 11.8 Å². The number of amides is 4. The molecular weight excluding hydrogens is 392 g/mol. The highest BCUT2D eigenvalue weighted by molar-refractivity contribution is 5.99. The lowest BCUT2D eigenvalue weighted by atomic mass is 10.1. The molecule has 0 heterocycles. The molecule has 0 bridgehead atoms. The van der Waals surface area contributed by atoms with E-state index in [-0.39, 0.29) is 23.9 Å². The van der Waals surface area contributed by atoms with Crippen molar-refractivity contribution >= 4 is 29.2 Å². The van der Waals surface area contributed by atoms with Crippen LogP contribution in [0.4, 0.5) is 16.2 Å². The molecule has 3 N–H and O–H groups in total. The van der Waals surface area contributed by atoms with Gasteiger partial charge in [0.1, 0.15) is 0 Å². The van der Waals surface area contributed by atoms with Crippen LogP contribution in [0.3, 0.4) is 0 Å². The number of anilines is 2. The predicted octanol–water partition coefficient (Wildman–Crippen LogP) is 4.55. The Labute approximate surface area is 184 Å². The molecule has 0 aliphatic carbocycles. The molecule has 0 spiro atoms. The molecule has 0 radical (unpaired) electrons. The van der Waals surface area contributed by atoms with Gasteiger partial charge in [-0.2, -0.15) is 0 Å². The molecule has 31 heavy (non-hydrogen) atoms. The number of carbonyl (C=O) groups excluding carboxylic acids is 3. The van der Waals surface area contributed by atoms with Crippen molar-refractivity contribution in [2.45, 2.75) is 46.1 Å². The monoisotopic (exact) mass is 424 g/mol. The standard InChI is InChI=1S/C24H32N4O3/c1-4-28(5-2)23(30)13-9-12-22(29)25-18(3)19-14-16-21(17-15-19)27-24(31)26-20-10-7-6-8-11-20/h6-8,10-11,14-18H,4-5,9,12-13H2,1-3H3,(H,25,29)(H2,26,27,31). The Kier molecular flexibility index (Phi) is 9.55. The van der Waals surface area contributed by atoms with Crippen LogP contribution in [0.1, 0.15) is 51.6 Å². The van der Waals surface area contributed by atoms with Crippen molar-refractivity contribution in [2.75, 3.05) is 23.7 Å². The summed E-state index contributed by atoms with van der Waals surface area (Å²) >= 11 is 0. The smallest absolute Gasteiger partial charge is 0.323 e. The number of urea groups is 1. The van der Waals surface area contributed by atoms with Crippen LogP contribution in [0, 0.1) is 0 Å². The van der Waals surface area contributed by atoms with E-state index in [1.165, 1.54) is 0 Å². The number of hydrogen-bond donors (Lipinski definition) is 3. The van der Waals surface area contributed by atoms with Gasteiger partial charge in [0.25, 0.3) is 0 Å². The molecule has 2 aromatic rings. The van der Waals surface area contributed by atoms with Gasteiger partial charge in [-0.3, -0.25) is 9.59 Å². The van der Waals surface area contributed by atoms with E-state index in [0.29, 0.717) is 43.7 Å². The minimum absolute atomic E-state index is 0.0794. The zero-order valence-electron chi connectivity index (χ0n) is 18.5. The summed E-state index contributed by atoms with van der Waals surface area (Å²) < 4.78 is 0. The maximum absolute atomic E-state index is 12.2. The van der Waals surface area contributed by atoms with Crippen LogP contribution in [-0.4, -0.2) is 35.8 Å². The van der Waals surface area contributed by atoms with Gasteiger partial charge in [0, 0.05) is 37.3 Å². The molecule has 0 aromatic heterocycles. The van der Waals surface area contributed by atoms with Crippen LogP contribution in [0.5, 0.6) is 0 Å². The van der Waals surface area contributed by atoms with E-state index in [9.17, 15) is 14.4 Å². The molecule has 4 amide bonds. The van der Waals surface area contributed by atoms with E-state index >= 15 is 0 Å². The Morgan fingerprint density at radius 2 is 1.42 bits per heavy atom. The molecule has 2 aromatic carbocycles. The van der Waals surface area contributed by atoms with Crippen LogP contribution < -0.4 is 16.0 Å².